The van der Waals surface area contributed by atoms with Crippen LogP contribution in [0, 0.1) is 0 Å². The van der Waals surface area contributed by atoms with E-state index in [-0.39, 0.29) is 6.04 Å². The molecule has 0 bridgehead atoms. The van der Waals surface area contributed by atoms with E-state index in [1.54, 1.807) is 7.11 Å². The maximum atomic E-state index is 5.81. The summed E-state index contributed by atoms with van der Waals surface area (Å²) in [5, 5.41) is 0. The van der Waals surface area contributed by atoms with Gasteiger partial charge in [-0.25, -0.2) is 0 Å². The molecule has 4 N–H and O–H groups in total. The molecule has 3 heteroatoms. The Morgan fingerprint density at radius 3 is 2.62 bits per heavy atom. The fourth-order valence-electron chi connectivity index (χ4n) is 1.23. The molecule has 0 fully saturated rings. The molecule has 1 rings (SSSR count). The molecule has 1 unspecified atom stereocenters. The van der Waals surface area contributed by atoms with E-state index < -0.39 is 0 Å². The molecular formula is C10H16N2O. The van der Waals surface area contributed by atoms with Crippen molar-refractivity contribution in [2.24, 2.45) is 5.73 Å². The predicted molar refractivity (Wildman–Crippen MR) is 54.8 cm³/mol. The highest BCUT2D eigenvalue weighted by Crippen LogP contribution is 2.20. The van der Waals surface area contributed by atoms with Crippen molar-refractivity contribution in [3.8, 4) is 5.75 Å². The van der Waals surface area contributed by atoms with Crippen LogP contribution in [0.4, 0.5) is 5.69 Å². The fourth-order valence-corrected chi connectivity index (χ4v) is 1.23. The maximum Gasteiger partial charge on any atom is 0.120 e. The van der Waals surface area contributed by atoms with E-state index in [1.165, 1.54) is 0 Å². The minimum Gasteiger partial charge on any atom is -0.497 e. The van der Waals surface area contributed by atoms with Gasteiger partial charge in [0.15, 0.2) is 0 Å². The van der Waals surface area contributed by atoms with E-state index in [1.807, 2.05) is 25.1 Å². The molecule has 13 heavy (non-hydrogen) atoms. The molecule has 0 amide bonds. The number of hydrogen-bond acceptors (Lipinski definition) is 3. The van der Waals surface area contributed by atoms with Gasteiger partial charge >= 0.3 is 0 Å². The van der Waals surface area contributed by atoms with E-state index in [0.29, 0.717) is 0 Å². The van der Waals surface area contributed by atoms with Crippen molar-refractivity contribution < 1.29 is 4.74 Å². The largest absolute Gasteiger partial charge is 0.497 e. The summed E-state index contributed by atoms with van der Waals surface area (Å²) in [7, 11) is 1.63. The molecule has 3 nitrogen and oxygen atoms in total. The van der Waals surface area contributed by atoms with Crippen molar-refractivity contribution in [3.63, 3.8) is 0 Å². The molecule has 0 spiro atoms. The molecule has 0 aliphatic heterocycles. The number of benzene rings is 1. The molecule has 0 radical (unpaired) electrons. The SMILES string of the molecule is COc1ccc(CC(C)N)c(N)c1. The van der Waals surface area contributed by atoms with Crippen molar-refractivity contribution >= 4 is 5.69 Å². The zero-order chi connectivity index (χ0) is 9.84. The normalized spacial score (nSPS) is 12.5. The zero-order valence-electron chi connectivity index (χ0n) is 8.08. The first kappa shape index (κ1) is 9.86. The van der Waals surface area contributed by atoms with Gasteiger partial charge in [0.2, 0.25) is 0 Å². The molecule has 0 aliphatic carbocycles. The lowest BCUT2D eigenvalue weighted by molar-refractivity contribution is 0.415. The molecule has 1 aromatic carbocycles. The van der Waals surface area contributed by atoms with Crippen LogP contribution < -0.4 is 16.2 Å². The number of nitrogens with two attached hydrogens (primary N) is 2. The number of hydrogen-bond donors (Lipinski definition) is 2. The smallest absolute Gasteiger partial charge is 0.120 e. The Morgan fingerprint density at radius 2 is 2.15 bits per heavy atom. The highest BCUT2D eigenvalue weighted by molar-refractivity contribution is 5.51. The van der Waals surface area contributed by atoms with Crippen molar-refractivity contribution in [1.82, 2.24) is 0 Å². The number of rotatable bonds is 3. The van der Waals surface area contributed by atoms with E-state index >= 15 is 0 Å². The third-order valence-electron chi connectivity index (χ3n) is 1.89. The lowest BCUT2D eigenvalue weighted by Crippen LogP contribution is -2.18. The van der Waals surface area contributed by atoms with Crippen LogP contribution in [0.3, 0.4) is 0 Å². The van der Waals surface area contributed by atoms with Gasteiger partial charge in [0.25, 0.3) is 0 Å². The molecule has 0 aromatic heterocycles. The van der Waals surface area contributed by atoms with Gasteiger partial charge in [0.1, 0.15) is 5.75 Å². The Hall–Kier alpha value is -1.22. The predicted octanol–water partition coefficient (Wildman–Crippen LogP) is 1.17. The lowest BCUT2D eigenvalue weighted by atomic mass is 10.1. The van der Waals surface area contributed by atoms with Gasteiger partial charge in [-0.2, -0.15) is 0 Å². The molecular weight excluding hydrogens is 164 g/mol. The second-order valence-corrected chi connectivity index (χ2v) is 3.25. The van der Waals surface area contributed by atoms with Crippen LogP contribution in [0.2, 0.25) is 0 Å². The average molecular weight is 180 g/mol. The number of nitrogen functional groups attached to an aromatic ring is 1. The third kappa shape index (κ3) is 2.63. The van der Waals surface area contributed by atoms with E-state index in [4.69, 9.17) is 16.2 Å². The first-order valence-corrected chi connectivity index (χ1v) is 4.31. The molecule has 0 heterocycles. The van der Waals surface area contributed by atoms with Crippen LogP contribution in [0.5, 0.6) is 5.75 Å². The number of anilines is 1. The molecule has 1 atom stereocenters. The highest BCUT2D eigenvalue weighted by Gasteiger charge is 2.03. The van der Waals surface area contributed by atoms with Crippen molar-refractivity contribution in [3.05, 3.63) is 23.8 Å². The summed E-state index contributed by atoms with van der Waals surface area (Å²) in [6.45, 7) is 1.96. The Bertz CT molecular complexity index is 284. The van der Waals surface area contributed by atoms with Gasteiger partial charge in [0.05, 0.1) is 7.11 Å². The number of ether oxygens (including phenoxy) is 1. The maximum absolute atomic E-state index is 5.81. The summed E-state index contributed by atoms with van der Waals surface area (Å²) < 4.78 is 5.04. The summed E-state index contributed by atoms with van der Waals surface area (Å²) in [6.07, 6.45) is 0.801. The lowest BCUT2D eigenvalue weighted by Gasteiger charge is -2.09. The third-order valence-corrected chi connectivity index (χ3v) is 1.89. The van der Waals surface area contributed by atoms with Gasteiger partial charge in [-0.05, 0) is 25.0 Å². The van der Waals surface area contributed by atoms with Gasteiger partial charge < -0.3 is 16.2 Å². The van der Waals surface area contributed by atoms with Crippen LogP contribution in [-0.2, 0) is 6.42 Å². The average Bonchev–Trinajstić information content (AvgIpc) is 2.08. The highest BCUT2D eigenvalue weighted by atomic mass is 16.5. The van der Waals surface area contributed by atoms with Crippen LogP contribution in [0.1, 0.15) is 12.5 Å². The van der Waals surface area contributed by atoms with Crippen LogP contribution >= 0.6 is 0 Å². The molecule has 72 valence electrons. The minimum absolute atomic E-state index is 0.135. The Balaban J connectivity index is 2.85. The zero-order valence-corrected chi connectivity index (χ0v) is 8.08. The summed E-state index contributed by atoms with van der Waals surface area (Å²) in [5.41, 5.74) is 13.3. The first-order valence-electron chi connectivity index (χ1n) is 4.31. The van der Waals surface area contributed by atoms with Crippen molar-refractivity contribution in [1.29, 1.82) is 0 Å². The Kier molecular flexibility index (Phi) is 3.14. The summed E-state index contributed by atoms with van der Waals surface area (Å²) >= 11 is 0. The van der Waals surface area contributed by atoms with Gasteiger partial charge in [-0.3, -0.25) is 0 Å². The van der Waals surface area contributed by atoms with Crippen molar-refractivity contribution in [2.75, 3.05) is 12.8 Å². The topological polar surface area (TPSA) is 61.3 Å². The van der Waals surface area contributed by atoms with Crippen LogP contribution in [-0.4, -0.2) is 13.2 Å². The first-order chi connectivity index (χ1) is 6.13. The fraction of sp³-hybridized carbons (Fsp3) is 0.400. The van der Waals surface area contributed by atoms with E-state index in [0.717, 1.165) is 23.4 Å². The van der Waals surface area contributed by atoms with Crippen LogP contribution in [0.25, 0.3) is 0 Å². The number of methoxy groups -OCH3 is 1. The minimum atomic E-state index is 0.135. The van der Waals surface area contributed by atoms with E-state index in [2.05, 4.69) is 0 Å². The summed E-state index contributed by atoms with van der Waals surface area (Å²) in [5.74, 6) is 0.783. The second kappa shape index (κ2) is 4.14. The summed E-state index contributed by atoms with van der Waals surface area (Å²) in [6, 6.07) is 5.80. The Morgan fingerprint density at radius 1 is 1.46 bits per heavy atom. The molecule has 1 aromatic rings. The molecule has 0 saturated carbocycles. The summed E-state index contributed by atoms with van der Waals surface area (Å²) in [4.78, 5) is 0. The van der Waals surface area contributed by atoms with Gasteiger partial charge in [-0.1, -0.05) is 6.07 Å². The van der Waals surface area contributed by atoms with Crippen molar-refractivity contribution in [2.45, 2.75) is 19.4 Å². The van der Waals surface area contributed by atoms with Gasteiger partial charge in [-0.15, -0.1) is 0 Å². The quantitative estimate of drug-likeness (QED) is 0.686. The standard InChI is InChI=1S/C10H16N2O/c1-7(11)5-8-3-4-9(13-2)6-10(8)12/h3-4,6-7H,5,11-12H2,1-2H3. The van der Waals surface area contributed by atoms with Crippen LogP contribution in [0.15, 0.2) is 18.2 Å². The second-order valence-electron chi connectivity index (χ2n) is 3.25. The van der Waals surface area contributed by atoms with Gasteiger partial charge in [0, 0.05) is 17.8 Å². The molecule has 0 aliphatic rings. The molecule has 0 saturated heterocycles. The van der Waals surface area contributed by atoms with E-state index in [9.17, 15) is 0 Å². The monoisotopic (exact) mass is 180 g/mol. The Labute approximate surface area is 78.7 Å².